The molecule has 0 spiro atoms. The SMILES string of the molecule is CC(C)[C@H](N)C(=O)OCC[C@H](NC(=O)[C@@H]1SCCN1S(=O)[O-])c1ccc(F)cc1. The summed E-state index contributed by atoms with van der Waals surface area (Å²) in [4.78, 5) is 24.6. The second-order valence-corrected chi connectivity index (χ2v) is 9.01. The number of ether oxygens (including phenoxy) is 1. The van der Waals surface area contributed by atoms with Gasteiger partial charge in [-0.2, -0.15) is 0 Å². The quantitative estimate of drug-likeness (QED) is 0.429. The highest BCUT2D eigenvalue weighted by molar-refractivity contribution is 8.01. The Bertz CT molecular complexity index is 735. The summed E-state index contributed by atoms with van der Waals surface area (Å²) in [7, 11) is 0. The van der Waals surface area contributed by atoms with Crippen molar-refractivity contribution in [2.45, 2.75) is 37.7 Å². The van der Waals surface area contributed by atoms with Crippen LogP contribution < -0.4 is 11.1 Å². The molecule has 1 aromatic rings. The van der Waals surface area contributed by atoms with Crippen molar-refractivity contribution in [1.29, 1.82) is 0 Å². The summed E-state index contributed by atoms with van der Waals surface area (Å²) >= 11 is -1.29. The van der Waals surface area contributed by atoms with Gasteiger partial charge in [0.15, 0.2) is 0 Å². The van der Waals surface area contributed by atoms with E-state index in [-0.39, 0.29) is 25.5 Å². The second kappa shape index (κ2) is 11.0. The average molecular weight is 447 g/mol. The number of carbonyl (C=O) groups excluding carboxylic acids is 2. The monoisotopic (exact) mass is 446 g/mol. The molecule has 1 aromatic carbocycles. The fraction of sp³-hybridized carbons (Fsp3) is 0.556. The average Bonchev–Trinajstić information content (AvgIpc) is 3.17. The molecule has 0 aliphatic carbocycles. The number of thioether (sulfide) groups is 1. The largest absolute Gasteiger partial charge is 0.760 e. The van der Waals surface area contributed by atoms with Crippen LogP contribution in [0.1, 0.15) is 31.9 Å². The smallest absolute Gasteiger partial charge is 0.323 e. The summed E-state index contributed by atoms with van der Waals surface area (Å²) in [5.74, 6) is -1.00. The summed E-state index contributed by atoms with van der Waals surface area (Å²) < 4.78 is 42.1. The lowest BCUT2D eigenvalue weighted by Gasteiger charge is -2.27. The van der Waals surface area contributed by atoms with Crippen molar-refractivity contribution in [3.05, 3.63) is 35.6 Å². The van der Waals surface area contributed by atoms with Crippen molar-refractivity contribution in [2.75, 3.05) is 18.9 Å². The molecule has 1 heterocycles. The topological polar surface area (TPSA) is 125 Å². The van der Waals surface area contributed by atoms with E-state index < -0.39 is 46.4 Å². The lowest BCUT2D eigenvalue weighted by molar-refractivity contribution is -0.146. The molecule has 29 heavy (non-hydrogen) atoms. The number of halogens is 1. The van der Waals surface area contributed by atoms with Crippen LogP contribution in [0.15, 0.2) is 24.3 Å². The Morgan fingerprint density at radius 2 is 2.07 bits per heavy atom. The van der Waals surface area contributed by atoms with E-state index in [0.717, 1.165) is 4.31 Å². The molecule has 1 aliphatic heterocycles. The molecule has 1 unspecified atom stereocenters. The molecule has 3 N–H and O–H groups in total. The van der Waals surface area contributed by atoms with Crippen molar-refractivity contribution in [3.8, 4) is 0 Å². The molecule has 162 valence electrons. The highest BCUT2D eigenvalue weighted by atomic mass is 32.2. The molecule has 2 rings (SSSR count). The van der Waals surface area contributed by atoms with Gasteiger partial charge in [0.2, 0.25) is 5.91 Å². The number of amides is 1. The van der Waals surface area contributed by atoms with Gasteiger partial charge >= 0.3 is 5.97 Å². The number of nitrogens with two attached hydrogens (primary N) is 1. The van der Waals surface area contributed by atoms with Gasteiger partial charge in [0.25, 0.3) is 0 Å². The van der Waals surface area contributed by atoms with Crippen LogP contribution >= 0.6 is 11.8 Å². The van der Waals surface area contributed by atoms with Crippen LogP contribution in [-0.4, -0.2) is 55.3 Å². The second-order valence-electron chi connectivity index (χ2n) is 6.92. The van der Waals surface area contributed by atoms with Gasteiger partial charge in [0.1, 0.15) is 17.2 Å². The Morgan fingerprint density at radius 1 is 1.41 bits per heavy atom. The zero-order chi connectivity index (χ0) is 21.6. The van der Waals surface area contributed by atoms with Crippen LogP contribution in [0.25, 0.3) is 0 Å². The first-order valence-electron chi connectivity index (χ1n) is 9.16. The number of carbonyl (C=O) groups is 2. The van der Waals surface area contributed by atoms with E-state index >= 15 is 0 Å². The van der Waals surface area contributed by atoms with E-state index in [2.05, 4.69) is 5.32 Å². The minimum Gasteiger partial charge on any atom is -0.760 e. The first kappa shape index (κ1) is 23.7. The number of nitrogens with zero attached hydrogens (tertiary/aromatic N) is 1. The zero-order valence-corrected chi connectivity index (χ0v) is 17.8. The van der Waals surface area contributed by atoms with E-state index in [1.807, 2.05) is 0 Å². The Kier molecular flexibility index (Phi) is 9.03. The highest BCUT2D eigenvalue weighted by Crippen LogP contribution is 2.26. The van der Waals surface area contributed by atoms with Gasteiger partial charge in [-0.15, -0.1) is 11.8 Å². The third-order valence-corrected chi connectivity index (χ3v) is 6.61. The van der Waals surface area contributed by atoms with E-state index in [1.54, 1.807) is 13.8 Å². The Morgan fingerprint density at radius 3 is 2.66 bits per heavy atom. The molecule has 8 nitrogen and oxygen atoms in total. The number of benzene rings is 1. The Hall–Kier alpha value is -1.53. The number of hydrogen-bond donors (Lipinski definition) is 2. The maximum absolute atomic E-state index is 13.3. The normalized spacial score (nSPS) is 20.3. The summed E-state index contributed by atoms with van der Waals surface area (Å²) in [6.07, 6.45) is 0.228. The van der Waals surface area contributed by atoms with Crippen molar-refractivity contribution in [3.63, 3.8) is 0 Å². The molecule has 0 saturated carbocycles. The minimum absolute atomic E-state index is 0.00339. The van der Waals surface area contributed by atoms with Gasteiger partial charge < -0.3 is 20.3 Å². The third-order valence-electron chi connectivity index (χ3n) is 4.49. The number of hydrogen-bond acceptors (Lipinski definition) is 7. The zero-order valence-electron chi connectivity index (χ0n) is 16.2. The van der Waals surface area contributed by atoms with E-state index in [4.69, 9.17) is 10.5 Å². The summed E-state index contributed by atoms with van der Waals surface area (Å²) in [5, 5.41) is 1.92. The minimum atomic E-state index is -2.51. The van der Waals surface area contributed by atoms with Crippen LogP contribution in [0.2, 0.25) is 0 Å². The maximum atomic E-state index is 13.3. The summed E-state index contributed by atoms with van der Waals surface area (Å²) in [6, 6.07) is 4.23. The predicted octanol–water partition coefficient (Wildman–Crippen LogP) is 1.07. The molecular formula is C18H25FN3O5S2-. The van der Waals surface area contributed by atoms with E-state index in [1.165, 1.54) is 36.0 Å². The lowest BCUT2D eigenvalue weighted by atomic mass is 10.0. The van der Waals surface area contributed by atoms with Crippen LogP contribution in [0, 0.1) is 11.7 Å². The van der Waals surface area contributed by atoms with Crippen LogP contribution in [0.5, 0.6) is 0 Å². The van der Waals surface area contributed by atoms with Gasteiger partial charge in [0, 0.05) is 30.0 Å². The number of nitrogens with one attached hydrogen (secondary N) is 1. The van der Waals surface area contributed by atoms with Crippen molar-refractivity contribution >= 4 is 34.9 Å². The van der Waals surface area contributed by atoms with Crippen molar-refractivity contribution < 1.29 is 27.5 Å². The number of esters is 1. The standard InChI is InChI=1S/C18H26FN3O5S2/c1-11(2)15(20)18(24)27-9-7-14(12-3-5-13(19)6-4-12)21-16(23)17-22(29(25)26)8-10-28-17/h3-6,11,14-15,17H,7-10,20H2,1-2H3,(H,21,23)(H,25,26)/p-1/t14-,15-,17-/m0/s1. The molecule has 11 heteroatoms. The molecule has 1 aliphatic rings. The van der Waals surface area contributed by atoms with Gasteiger partial charge in [-0.3, -0.25) is 13.8 Å². The third kappa shape index (κ3) is 6.75. The fourth-order valence-electron chi connectivity index (χ4n) is 2.72. The molecule has 1 saturated heterocycles. The molecule has 0 aromatic heterocycles. The van der Waals surface area contributed by atoms with Crippen molar-refractivity contribution in [1.82, 2.24) is 9.62 Å². The maximum Gasteiger partial charge on any atom is 0.323 e. The molecule has 4 atom stereocenters. The molecule has 0 radical (unpaired) electrons. The molecule has 1 fully saturated rings. The Balaban J connectivity index is 2.05. The predicted molar refractivity (Wildman–Crippen MR) is 108 cm³/mol. The number of rotatable bonds is 9. The van der Waals surface area contributed by atoms with Gasteiger partial charge in [-0.25, -0.2) is 8.70 Å². The fourth-order valence-corrected chi connectivity index (χ4v) is 4.74. The van der Waals surface area contributed by atoms with E-state index in [9.17, 15) is 22.7 Å². The van der Waals surface area contributed by atoms with Crippen molar-refractivity contribution in [2.24, 2.45) is 11.7 Å². The van der Waals surface area contributed by atoms with Crippen LogP contribution in [0.4, 0.5) is 4.39 Å². The van der Waals surface area contributed by atoms with Gasteiger partial charge in [0.05, 0.1) is 12.6 Å². The first-order valence-corrected chi connectivity index (χ1v) is 11.2. The van der Waals surface area contributed by atoms with E-state index in [0.29, 0.717) is 11.3 Å². The molecular weight excluding hydrogens is 421 g/mol. The summed E-state index contributed by atoms with van der Waals surface area (Å²) in [6.45, 7) is 3.86. The molecule has 0 bridgehead atoms. The highest BCUT2D eigenvalue weighted by Gasteiger charge is 2.33. The summed E-state index contributed by atoms with van der Waals surface area (Å²) in [5.41, 5.74) is 6.37. The van der Waals surface area contributed by atoms with Crippen LogP contribution in [0.3, 0.4) is 0 Å². The lowest BCUT2D eigenvalue weighted by Crippen LogP contribution is -2.44. The Labute approximate surface area is 176 Å². The molecule has 1 amide bonds. The first-order chi connectivity index (χ1) is 13.7. The van der Waals surface area contributed by atoms with Crippen LogP contribution in [-0.2, 0) is 25.6 Å². The van der Waals surface area contributed by atoms with Gasteiger partial charge in [-0.05, 0) is 23.6 Å². The van der Waals surface area contributed by atoms with Gasteiger partial charge in [-0.1, -0.05) is 26.0 Å².